The molecule has 2 unspecified atom stereocenters. The van der Waals surface area contributed by atoms with E-state index in [0.717, 1.165) is 12.0 Å². The van der Waals surface area contributed by atoms with Crippen molar-refractivity contribution in [2.45, 2.75) is 25.5 Å². The number of likely N-dealkylation sites (tertiary alicyclic amines) is 1. The summed E-state index contributed by atoms with van der Waals surface area (Å²) in [6.45, 7) is 1.47. The number of nitrogens with zero attached hydrogens (tertiary/aromatic N) is 1. The average Bonchev–Trinajstić information content (AvgIpc) is 3.01. The molecule has 0 radical (unpaired) electrons. The van der Waals surface area contributed by atoms with Gasteiger partial charge in [0.2, 0.25) is 0 Å². The van der Waals surface area contributed by atoms with Gasteiger partial charge in [-0.05, 0) is 24.3 Å². The largest absolute Gasteiger partial charge is 0.468 e. The van der Waals surface area contributed by atoms with Crippen LogP contribution in [-0.2, 0) is 20.9 Å². The third-order valence-electron chi connectivity index (χ3n) is 3.84. The van der Waals surface area contributed by atoms with Gasteiger partial charge in [-0.3, -0.25) is 4.79 Å². The molecule has 0 aromatic heterocycles. The maximum Gasteiger partial charge on any atom is 0.410 e. The van der Waals surface area contributed by atoms with Crippen LogP contribution in [0.15, 0.2) is 30.3 Å². The van der Waals surface area contributed by atoms with Crippen molar-refractivity contribution in [1.29, 1.82) is 0 Å². The topological polar surface area (TPSA) is 81.9 Å². The second kappa shape index (κ2) is 7.79. The van der Waals surface area contributed by atoms with Gasteiger partial charge < -0.3 is 20.1 Å². The van der Waals surface area contributed by atoms with E-state index in [0.29, 0.717) is 19.5 Å². The minimum absolute atomic E-state index is 0.207. The van der Waals surface area contributed by atoms with E-state index in [2.05, 4.69) is 4.74 Å². The van der Waals surface area contributed by atoms with Crippen molar-refractivity contribution >= 4 is 12.1 Å². The Hall–Kier alpha value is -2.08. The van der Waals surface area contributed by atoms with Gasteiger partial charge in [0.1, 0.15) is 12.6 Å². The van der Waals surface area contributed by atoms with E-state index >= 15 is 0 Å². The molecule has 1 aromatic rings. The molecule has 0 saturated carbocycles. The number of ether oxygens (including phenoxy) is 2. The average molecular weight is 306 g/mol. The first kappa shape index (κ1) is 16.3. The van der Waals surface area contributed by atoms with E-state index in [-0.39, 0.29) is 18.6 Å². The third-order valence-corrected chi connectivity index (χ3v) is 3.84. The molecule has 2 rings (SSSR count). The van der Waals surface area contributed by atoms with Crippen LogP contribution < -0.4 is 5.73 Å². The smallest absolute Gasteiger partial charge is 0.410 e. The van der Waals surface area contributed by atoms with E-state index in [1.807, 2.05) is 30.3 Å². The number of hydrogen-bond donors (Lipinski definition) is 1. The van der Waals surface area contributed by atoms with E-state index in [4.69, 9.17) is 10.5 Å². The van der Waals surface area contributed by atoms with Gasteiger partial charge in [0.25, 0.3) is 0 Å². The summed E-state index contributed by atoms with van der Waals surface area (Å²) in [6.07, 6.45) is 1.03. The Balaban J connectivity index is 1.75. The minimum Gasteiger partial charge on any atom is -0.468 e. The maximum absolute atomic E-state index is 12.0. The van der Waals surface area contributed by atoms with E-state index < -0.39 is 12.0 Å². The zero-order chi connectivity index (χ0) is 15.9. The lowest BCUT2D eigenvalue weighted by atomic mass is 10.00. The van der Waals surface area contributed by atoms with Crippen LogP contribution in [0.5, 0.6) is 0 Å². The Morgan fingerprint density at radius 3 is 2.77 bits per heavy atom. The second-order valence-electron chi connectivity index (χ2n) is 5.51. The van der Waals surface area contributed by atoms with Gasteiger partial charge in [0, 0.05) is 13.1 Å². The molecule has 1 amide bonds. The quantitative estimate of drug-likeness (QED) is 0.834. The summed E-state index contributed by atoms with van der Waals surface area (Å²) < 4.78 is 9.91. The summed E-state index contributed by atoms with van der Waals surface area (Å²) in [7, 11) is 1.32. The van der Waals surface area contributed by atoms with Crippen LogP contribution in [0.25, 0.3) is 0 Å². The first-order valence-electron chi connectivity index (χ1n) is 7.39. The molecule has 6 nitrogen and oxygen atoms in total. The van der Waals surface area contributed by atoms with Crippen molar-refractivity contribution in [3.63, 3.8) is 0 Å². The lowest BCUT2D eigenvalue weighted by Gasteiger charge is -2.17. The Morgan fingerprint density at radius 2 is 2.09 bits per heavy atom. The fraction of sp³-hybridized carbons (Fsp3) is 0.500. The molecule has 1 aliphatic heterocycles. The van der Waals surface area contributed by atoms with Crippen LogP contribution in [0.2, 0.25) is 0 Å². The van der Waals surface area contributed by atoms with Crippen molar-refractivity contribution in [1.82, 2.24) is 4.90 Å². The van der Waals surface area contributed by atoms with Crippen LogP contribution in [-0.4, -0.2) is 43.2 Å². The lowest BCUT2D eigenvalue weighted by Crippen LogP contribution is -2.35. The molecule has 1 aliphatic rings. The molecule has 1 aromatic carbocycles. The summed E-state index contributed by atoms with van der Waals surface area (Å²) in [6, 6.07) is 8.92. The molecule has 2 N–H and O–H groups in total. The fourth-order valence-electron chi connectivity index (χ4n) is 2.61. The van der Waals surface area contributed by atoms with Crippen molar-refractivity contribution in [2.24, 2.45) is 11.7 Å². The lowest BCUT2D eigenvalue weighted by molar-refractivity contribution is -0.142. The molecular weight excluding hydrogens is 284 g/mol. The molecule has 1 fully saturated rings. The van der Waals surface area contributed by atoms with Crippen molar-refractivity contribution in [3.8, 4) is 0 Å². The third kappa shape index (κ3) is 4.46. The molecule has 6 heteroatoms. The number of amides is 1. The SMILES string of the molecule is COC(=O)C(N)CC1CCN(C(=O)OCc2ccccc2)C1. The predicted molar refractivity (Wildman–Crippen MR) is 80.9 cm³/mol. The molecule has 120 valence electrons. The van der Waals surface area contributed by atoms with Gasteiger partial charge in [-0.15, -0.1) is 0 Å². The van der Waals surface area contributed by atoms with Gasteiger partial charge in [-0.2, -0.15) is 0 Å². The van der Waals surface area contributed by atoms with E-state index in [9.17, 15) is 9.59 Å². The number of rotatable bonds is 5. The Bertz CT molecular complexity index is 506. The van der Waals surface area contributed by atoms with Crippen LogP contribution in [0.1, 0.15) is 18.4 Å². The highest BCUT2D eigenvalue weighted by Gasteiger charge is 2.30. The second-order valence-corrected chi connectivity index (χ2v) is 5.51. The Kier molecular flexibility index (Phi) is 5.77. The van der Waals surface area contributed by atoms with E-state index in [1.54, 1.807) is 4.90 Å². The monoisotopic (exact) mass is 306 g/mol. The normalized spacial score (nSPS) is 18.8. The highest BCUT2D eigenvalue weighted by Crippen LogP contribution is 2.21. The van der Waals surface area contributed by atoms with Crippen LogP contribution in [0.4, 0.5) is 4.79 Å². The van der Waals surface area contributed by atoms with Crippen molar-refractivity contribution in [3.05, 3.63) is 35.9 Å². The number of carbonyl (C=O) groups is 2. The predicted octanol–water partition coefficient (Wildman–Crippen LogP) is 1.54. The summed E-state index contributed by atoms with van der Waals surface area (Å²) in [5, 5.41) is 0. The first-order chi connectivity index (χ1) is 10.6. The summed E-state index contributed by atoms with van der Waals surface area (Å²) in [5.74, 6) is -0.205. The van der Waals surface area contributed by atoms with E-state index in [1.165, 1.54) is 7.11 Å². The zero-order valence-electron chi connectivity index (χ0n) is 12.7. The van der Waals surface area contributed by atoms with Gasteiger partial charge >= 0.3 is 12.1 Å². The number of methoxy groups -OCH3 is 1. The Labute approximate surface area is 130 Å². The van der Waals surface area contributed by atoms with Crippen LogP contribution >= 0.6 is 0 Å². The summed E-state index contributed by atoms with van der Waals surface area (Å²) in [5.41, 5.74) is 6.71. The molecule has 22 heavy (non-hydrogen) atoms. The maximum atomic E-state index is 12.0. The van der Waals surface area contributed by atoms with Crippen LogP contribution in [0, 0.1) is 5.92 Å². The Morgan fingerprint density at radius 1 is 1.36 bits per heavy atom. The van der Waals surface area contributed by atoms with Gasteiger partial charge in [-0.25, -0.2) is 4.79 Å². The molecule has 0 spiro atoms. The number of benzene rings is 1. The number of nitrogens with two attached hydrogens (primary N) is 1. The number of hydrogen-bond acceptors (Lipinski definition) is 5. The highest BCUT2D eigenvalue weighted by molar-refractivity contribution is 5.75. The van der Waals surface area contributed by atoms with Crippen molar-refractivity contribution in [2.75, 3.05) is 20.2 Å². The summed E-state index contributed by atoms with van der Waals surface area (Å²) in [4.78, 5) is 25.0. The zero-order valence-corrected chi connectivity index (χ0v) is 12.7. The van der Waals surface area contributed by atoms with Gasteiger partial charge in [-0.1, -0.05) is 30.3 Å². The molecule has 2 atom stereocenters. The molecule has 1 heterocycles. The molecular formula is C16H22N2O4. The highest BCUT2D eigenvalue weighted by atomic mass is 16.6. The van der Waals surface area contributed by atoms with Gasteiger partial charge in [0.15, 0.2) is 0 Å². The fourth-order valence-corrected chi connectivity index (χ4v) is 2.61. The standard InChI is InChI=1S/C16H22N2O4/c1-21-15(19)14(17)9-13-7-8-18(10-13)16(20)22-11-12-5-3-2-4-6-12/h2-6,13-14H,7-11,17H2,1H3. The first-order valence-corrected chi connectivity index (χ1v) is 7.39. The number of esters is 1. The molecule has 0 aliphatic carbocycles. The number of carbonyl (C=O) groups excluding carboxylic acids is 2. The van der Waals surface area contributed by atoms with Crippen molar-refractivity contribution < 1.29 is 19.1 Å². The summed E-state index contributed by atoms with van der Waals surface area (Å²) >= 11 is 0. The molecule has 0 bridgehead atoms. The molecule has 1 saturated heterocycles. The minimum atomic E-state index is -0.629. The van der Waals surface area contributed by atoms with Crippen LogP contribution in [0.3, 0.4) is 0 Å². The van der Waals surface area contributed by atoms with Gasteiger partial charge in [0.05, 0.1) is 7.11 Å².